The first-order valence-electron chi connectivity index (χ1n) is 3.47. The Hall–Kier alpha value is -0.700. The van der Waals surface area contributed by atoms with Crippen molar-refractivity contribution in [1.82, 2.24) is 5.01 Å². The normalized spacial score (nSPS) is 12.3. The molecule has 0 aromatic heterocycles. The largest absolute Gasteiger partial charge is 0.401 e. The van der Waals surface area contributed by atoms with E-state index in [0.29, 0.717) is 5.92 Å². The number of nitrogens with zero attached hydrogens (tertiary/aromatic N) is 1. The minimum absolute atomic E-state index is 0.570. The van der Waals surface area contributed by atoms with E-state index in [1.165, 1.54) is 0 Å². The van der Waals surface area contributed by atoms with E-state index in [2.05, 4.69) is 13.8 Å². The third-order valence-corrected chi connectivity index (χ3v) is 0.945. The molecule has 0 amide bonds. The molecule has 0 spiro atoms. The SMILES string of the molecule is C/C(N)=C/N(N)CC(C)C. The maximum absolute atomic E-state index is 5.55. The molecule has 0 saturated carbocycles. The molecule has 3 nitrogen and oxygen atoms in total. The number of nitrogens with two attached hydrogens (primary N) is 2. The van der Waals surface area contributed by atoms with Crippen molar-refractivity contribution in [3.05, 3.63) is 11.9 Å². The molecule has 0 unspecified atom stereocenters. The van der Waals surface area contributed by atoms with Crippen LogP contribution in [-0.4, -0.2) is 11.6 Å². The summed E-state index contributed by atoms with van der Waals surface area (Å²) in [6.07, 6.45) is 1.74. The Morgan fingerprint density at radius 3 is 2.40 bits per heavy atom. The molecule has 0 rings (SSSR count). The van der Waals surface area contributed by atoms with Crippen LogP contribution in [0.25, 0.3) is 0 Å². The summed E-state index contributed by atoms with van der Waals surface area (Å²) < 4.78 is 0. The molecule has 4 N–H and O–H groups in total. The lowest BCUT2D eigenvalue weighted by atomic mass is 10.2. The Bertz CT molecular complexity index is 114. The Kier molecular flexibility index (Phi) is 3.88. The van der Waals surface area contributed by atoms with Crippen LogP contribution in [0.4, 0.5) is 0 Å². The lowest BCUT2D eigenvalue weighted by molar-refractivity contribution is 0.340. The highest BCUT2D eigenvalue weighted by Crippen LogP contribution is 1.94. The third-order valence-electron chi connectivity index (χ3n) is 0.945. The maximum atomic E-state index is 5.55. The van der Waals surface area contributed by atoms with Gasteiger partial charge in [0.25, 0.3) is 0 Å². The van der Waals surface area contributed by atoms with Gasteiger partial charge in [0.2, 0.25) is 0 Å². The molecule has 10 heavy (non-hydrogen) atoms. The lowest BCUT2D eigenvalue weighted by Gasteiger charge is -2.16. The first kappa shape index (κ1) is 9.30. The van der Waals surface area contributed by atoms with Crippen LogP contribution in [0.1, 0.15) is 20.8 Å². The van der Waals surface area contributed by atoms with Crippen molar-refractivity contribution in [2.75, 3.05) is 6.54 Å². The van der Waals surface area contributed by atoms with Crippen LogP contribution in [0, 0.1) is 5.92 Å². The number of rotatable bonds is 3. The third kappa shape index (κ3) is 5.44. The first-order chi connectivity index (χ1) is 4.52. The van der Waals surface area contributed by atoms with Gasteiger partial charge in [0, 0.05) is 18.4 Å². The predicted molar refractivity (Wildman–Crippen MR) is 43.7 cm³/mol. The topological polar surface area (TPSA) is 55.3 Å². The van der Waals surface area contributed by atoms with Gasteiger partial charge < -0.3 is 10.7 Å². The highest BCUT2D eigenvalue weighted by molar-refractivity contribution is 4.89. The summed E-state index contributed by atoms with van der Waals surface area (Å²) >= 11 is 0. The van der Waals surface area contributed by atoms with E-state index >= 15 is 0 Å². The second-order valence-electron chi connectivity index (χ2n) is 2.96. The molecule has 0 aromatic carbocycles. The summed E-state index contributed by atoms with van der Waals surface area (Å²) in [4.78, 5) is 0. The van der Waals surface area contributed by atoms with Gasteiger partial charge >= 0.3 is 0 Å². The van der Waals surface area contributed by atoms with Gasteiger partial charge in [-0.3, -0.25) is 0 Å². The summed E-state index contributed by atoms with van der Waals surface area (Å²) in [5.74, 6) is 6.12. The average molecular weight is 143 g/mol. The van der Waals surface area contributed by atoms with Crippen molar-refractivity contribution in [3.8, 4) is 0 Å². The molecule has 0 bridgehead atoms. The number of allylic oxidation sites excluding steroid dienone is 1. The number of hydrogen-bond donors (Lipinski definition) is 2. The zero-order valence-electron chi connectivity index (χ0n) is 6.96. The molecule has 60 valence electrons. The van der Waals surface area contributed by atoms with E-state index in [4.69, 9.17) is 11.6 Å². The predicted octanol–water partition coefficient (Wildman–Crippen LogP) is 0.638. The highest BCUT2D eigenvalue weighted by atomic mass is 15.4. The number of hydrogen-bond acceptors (Lipinski definition) is 3. The van der Waals surface area contributed by atoms with Crippen LogP contribution in [0.2, 0.25) is 0 Å². The summed E-state index contributed by atoms with van der Waals surface area (Å²) in [7, 11) is 0. The average Bonchev–Trinajstić information content (AvgIpc) is 1.58. The van der Waals surface area contributed by atoms with E-state index in [9.17, 15) is 0 Å². The van der Waals surface area contributed by atoms with Crippen molar-refractivity contribution >= 4 is 0 Å². The second-order valence-corrected chi connectivity index (χ2v) is 2.96. The molecule has 0 heterocycles. The van der Waals surface area contributed by atoms with Crippen LogP contribution >= 0.6 is 0 Å². The minimum Gasteiger partial charge on any atom is -0.401 e. The van der Waals surface area contributed by atoms with Crippen LogP contribution < -0.4 is 11.6 Å². The smallest absolute Gasteiger partial charge is 0.0359 e. The molecule has 0 radical (unpaired) electrons. The molecule has 0 fully saturated rings. The van der Waals surface area contributed by atoms with Gasteiger partial charge in [-0.05, 0) is 12.8 Å². The molecule has 0 aliphatic heterocycles. The van der Waals surface area contributed by atoms with Crippen molar-refractivity contribution in [2.24, 2.45) is 17.5 Å². The van der Waals surface area contributed by atoms with Gasteiger partial charge in [-0.15, -0.1) is 0 Å². The molecular weight excluding hydrogens is 126 g/mol. The van der Waals surface area contributed by atoms with E-state index in [-0.39, 0.29) is 0 Å². The number of hydrazine groups is 1. The zero-order chi connectivity index (χ0) is 8.15. The summed E-state index contributed by atoms with van der Waals surface area (Å²) in [5.41, 5.74) is 6.15. The van der Waals surface area contributed by atoms with Crippen LogP contribution in [0.15, 0.2) is 11.9 Å². The van der Waals surface area contributed by atoms with Gasteiger partial charge in [-0.2, -0.15) is 0 Å². The van der Waals surface area contributed by atoms with E-state index in [1.807, 2.05) is 6.92 Å². The van der Waals surface area contributed by atoms with Crippen molar-refractivity contribution in [1.29, 1.82) is 0 Å². The standard InChI is InChI=1S/C7H17N3/c1-6(2)4-10(9)5-7(3)8/h5-6H,4,8-9H2,1-3H3/b7-5-. The molecule has 0 aromatic rings. The summed E-state index contributed by atoms with van der Waals surface area (Å²) in [5, 5.41) is 1.61. The maximum Gasteiger partial charge on any atom is 0.0359 e. The van der Waals surface area contributed by atoms with Crippen LogP contribution in [0.5, 0.6) is 0 Å². The molecule has 0 aliphatic rings. The van der Waals surface area contributed by atoms with Crippen LogP contribution in [0.3, 0.4) is 0 Å². The Morgan fingerprint density at radius 2 is 2.10 bits per heavy atom. The van der Waals surface area contributed by atoms with E-state index in [0.717, 1.165) is 12.2 Å². The Labute approximate surface area is 62.6 Å². The minimum atomic E-state index is 0.570. The fourth-order valence-corrected chi connectivity index (χ4v) is 0.736. The van der Waals surface area contributed by atoms with Crippen molar-refractivity contribution in [2.45, 2.75) is 20.8 Å². The Morgan fingerprint density at radius 1 is 1.60 bits per heavy atom. The molecule has 0 aliphatic carbocycles. The fourth-order valence-electron chi connectivity index (χ4n) is 0.736. The van der Waals surface area contributed by atoms with Gasteiger partial charge in [0.15, 0.2) is 0 Å². The summed E-state index contributed by atoms with van der Waals surface area (Å²) in [6.45, 7) is 6.88. The monoisotopic (exact) mass is 143 g/mol. The zero-order valence-corrected chi connectivity index (χ0v) is 6.96. The lowest BCUT2D eigenvalue weighted by Crippen LogP contribution is -2.29. The second kappa shape index (κ2) is 4.17. The molecular formula is C7H17N3. The van der Waals surface area contributed by atoms with Crippen molar-refractivity contribution < 1.29 is 0 Å². The fraction of sp³-hybridized carbons (Fsp3) is 0.714. The summed E-state index contributed by atoms with van der Waals surface area (Å²) in [6, 6.07) is 0. The van der Waals surface area contributed by atoms with E-state index in [1.54, 1.807) is 11.2 Å². The first-order valence-corrected chi connectivity index (χ1v) is 3.47. The van der Waals surface area contributed by atoms with Crippen LogP contribution in [-0.2, 0) is 0 Å². The Balaban J connectivity index is 3.64. The van der Waals surface area contributed by atoms with Gasteiger partial charge in [-0.25, -0.2) is 5.84 Å². The van der Waals surface area contributed by atoms with Gasteiger partial charge in [-0.1, -0.05) is 13.8 Å². The quantitative estimate of drug-likeness (QED) is 0.450. The molecule has 3 heteroatoms. The van der Waals surface area contributed by atoms with Gasteiger partial charge in [0.1, 0.15) is 0 Å². The van der Waals surface area contributed by atoms with Gasteiger partial charge in [0.05, 0.1) is 0 Å². The van der Waals surface area contributed by atoms with E-state index < -0.39 is 0 Å². The highest BCUT2D eigenvalue weighted by Gasteiger charge is 1.96. The molecule has 0 atom stereocenters. The van der Waals surface area contributed by atoms with Crippen molar-refractivity contribution in [3.63, 3.8) is 0 Å². The molecule has 0 saturated heterocycles.